The second-order valence-electron chi connectivity index (χ2n) is 3.41. The van der Waals surface area contributed by atoms with Crippen LogP contribution in [0.5, 0.6) is 0 Å². The van der Waals surface area contributed by atoms with Crippen LogP contribution >= 0.6 is 0 Å². The first-order valence-corrected chi connectivity index (χ1v) is 4.42. The number of alkyl halides is 3. The monoisotopic (exact) mass is 218 g/mol. The SMILES string of the molecule is CNc1cc(N(C)C)cc(C(F)(F)F)c1. The van der Waals surface area contributed by atoms with Crippen LogP contribution in [0.4, 0.5) is 24.5 Å². The number of benzene rings is 1. The highest BCUT2D eigenvalue weighted by Crippen LogP contribution is 2.33. The van der Waals surface area contributed by atoms with E-state index >= 15 is 0 Å². The largest absolute Gasteiger partial charge is 0.416 e. The summed E-state index contributed by atoms with van der Waals surface area (Å²) in [6, 6.07) is 3.88. The van der Waals surface area contributed by atoms with Gasteiger partial charge in [-0.05, 0) is 18.2 Å². The molecule has 0 radical (unpaired) electrons. The fourth-order valence-electron chi connectivity index (χ4n) is 1.18. The summed E-state index contributed by atoms with van der Waals surface area (Å²) in [6.45, 7) is 0. The topological polar surface area (TPSA) is 15.3 Å². The number of hydrogen-bond donors (Lipinski definition) is 1. The molecule has 0 amide bonds. The van der Waals surface area contributed by atoms with Gasteiger partial charge in [0.1, 0.15) is 0 Å². The molecule has 0 aliphatic rings. The van der Waals surface area contributed by atoms with Crippen molar-refractivity contribution in [2.75, 3.05) is 31.4 Å². The molecule has 1 rings (SSSR count). The number of rotatable bonds is 2. The van der Waals surface area contributed by atoms with Gasteiger partial charge in [0.2, 0.25) is 0 Å². The molecule has 0 fully saturated rings. The second kappa shape index (κ2) is 4.00. The number of nitrogens with one attached hydrogen (secondary N) is 1. The Hall–Kier alpha value is -1.39. The van der Waals surface area contributed by atoms with Gasteiger partial charge < -0.3 is 10.2 Å². The molecule has 0 aromatic heterocycles. The Kier molecular flexibility index (Phi) is 3.12. The van der Waals surface area contributed by atoms with Crippen LogP contribution in [0.3, 0.4) is 0 Å². The van der Waals surface area contributed by atoms with Crippen molar-refractivity contribution >= 4 is 11.4 Å². The fourth-order valence-corrected chi connectivity index (χ4v) is 1.18. The lowest BCUT2D eigenvalue weighted by atomic mass is 10.1. The van der Waals surface area contributed by atoms with Crippen LogP contribution in [-0.4, -0.2) is 21.1 Å². The summed E-state index contributed by atoms with van der Waals surface area (Å²) >= 11 is 0. The van der Waals surface area contributed by atoms with Crippen LogP contribution in [-0.2, 0) is 6.18 Å². The number of hydrogen-bond acceptors (Lipinski definition) is 2. The molecule has 0 heterocycles. The molecule has 1 aromatic carbocycles. The molecular formula is C10H13F3N2. The van der Waals surface area contributed by atoms with Gasteiger partial charge in [-0.2, -0.15) is 13.2 Å². The van der Waals surface area contributed by atoms with E-state index in [1.54, 1.807) is 32.1 Å². The van der Waals surface area contributed by atoms with Gasteiger partial charge in [-0.3, -0.25) is 0 Å². The highest BCUT2D eigenvalue weighted by molar-refractivity contribution is 5.60. The minimum atomic E-state index is -4.31. The van der Waals surface area contributed by atoms with Crippen molar-refractivity contribution in [3.63, 3.8) is 0 Å². The summed E-state index contributed by atoms with van der Waals surface area (Å²) in [4.78, 5) is 1.64. The lowest BCUT2D eigenvalue weighted by molar-refractivity contribution is -0.137. The molecule has 0 atom stereocenters. The minimum absolute atomic E-state index is 0.452. The molecular weight excluding hydrogens is 205 g/mol. The second-order valence-corrected chi connectivity index (χ2v) is 3.41. The predicted molar refractivity (Wildman–Crippen MR) is 55.3 cm³/mol. The zero-order chi connectivity index (χ0) is 11.6. The minimum Gasteiger partial charge on any atom is -0.388 e. The van der Waals surface area contributed by atoms with Crippen LogP contribution in [0.2, 0.25) is 0 Å². The molecule has 1 N–H and O–H groups in total. The maximum atomic E-state index is 12.5. The molecule has 0 unspecified atom stereocenters. The first kappa shape index (κ1) is 11.7. The van der Waals surface area contributed by atoms with Crippen LogP contribution in [0, 0.1) is 0 Å². The van der Waals surface area contributed by atoms with E-state index in [-0.39, 0.29) is 0 Å². The smallest absolute Gasteiger partial charge is 0.388 e. The Balaban J connectivity index is 3.23. The van der Waals surface area contributed by atoms with Gasteiger partial charge in [-0.1, -0.05) is 0 Å². The Labute approximate surface area is 86.7 Å². The fraction of sp³-hybridized carbons (Fsp3) is 0.400. The third-order valence-electron chi connectivity index (χ3n) is 2.05. The number of halogens is 3. The molecule has 0 saturated carbocycles. The summed E-state index contributed by atoms with van der Waals surface area (Å²) in [7, 11) is 5.00. The van der Waals surface area contributed by atoms with Gasteiger partial charge >= 0.3 is 6.18 Å². The van der Waals surface area contributed by atoms with Crippen molar-refractivity contribution in [3.8, 4) is 0 Å². The van der Waals surface area contributed by atoms with Gasteiger partial charge in [0, 0.05) is 32.5 Å². The molecule has 0 aliphatic heterocycles. The first-order chi connectivity index (χ1) is 6.84. The van der Waals surface area contributed by atoms with Crippen LogP contribution < -0.4 is 10.2 Å². The number of anilines is 2. The number of nitrogens with zero attached hydrogens (tertiary/aromatic N) is 1. The van der Waals surface area contributed by atoms with E-state index in [9.17, 15) is 13.2 Å². The van der Waals surface area contributed by atoms with Crippen molar-refractivity contribution in [1.82, 2.24) is 0 Å². The normalized spacial score (nSPS) is 11.3. The van der Waals surface area contributed by atoms with Crippen LogP contribution in [0.25, 0.3) is 0 Å². The third-order valence-corrected chi connectivity index (χ3v) is 2.05. The zero-order valence-corrected chi connectivity index (χ0v) is 8.81. The highest BCUT2D eigenvalue weighted by atomic mass is 19.4. The molecule has 0 spiro atoms. The van der Waals surface area contributed by atoms with Crippen molar-refractivity contribution < 1.29 is 13.2 Å². The van der Waals surface area contributed by atoms with Crippen LogP contribution in [0.1, 0.15) is 5.56 Å². The maximum Gasteiger partial charge on any atom is 0.416 e. The molecule has 15 heavy (non-hydrogen) atoms. The standard InChI is InChI=1S/C10H13F3N2/c1-14-8-4-7(10(11,12)13)5-9(6-8)15(2)3/h4-6,14H,1-3H3. The average Bonchev–Trinajstić information content (AvgIpc) is 2.15. The lowest BCUT2D eigenvalue weighted by Gasteiger charge is -2.17. The molecule has 1 aromatic rings. The average molecular weight is 218 g/mol. The predicted octanol–water partition coefficient (Wildman–Crippen LogP) is 2.81. The lowest BCUT2D eigenvalue weighted by Crippen LogP contribution is -2.12. The molecule has 0 bridgehead atoms. The van der Waals surface area contributed by atoms with E-state index in [4.69, 9.17) is 0 Å². The maximum absolute atomic E-state index is 12.5. The summed E-state index contributed by atoms with van der Waals surface area (Å²) in [6.07, 6.45) is -4.31. The Morgan fingerprint density at radius 1 is 1.13 bits per heavy atom. The zero-order valence-electron chi connectivity index (χ0n) is 8.81. The van der Waals surface area contributed by atoms with E-state index in [2.05, 4.69) is 5.32 Å². The molecule has 0 saturated heterocycles. The molecule has 5 heteroatoms. The van der Waals surface area contributed by atoms with Gasteiger partial charge in [-0.25, -0.2) is 0 Å². The third kappa shape index (κ3) is 2.78. The summed E-state index contributed by atoms with van der Waals surface area (Å²) in [5, 5.41) is 2.71. The van der Waals surface area contributed by atoms with Crippen molar-refractivity contribution in [2.24, 2.45) is 0 Å². The van der Waals surface area contributed by atoms with Crippen molar-refractivity contribution in [3.05, 3.63) is 23.8 Å². The van der Waals surface area contributed by atoms with Gasteiger partial charge in [0.05, 0.1) is 5.56 Å². The molecule has 84 valence electrons. The van der Waals surface area contributed by atoms with E-state index in [0.717, 1.165) is 12.1 Å². The Morgan fingerprint density at radius 2 is 1.73 bits per heavy atom. The quantitative estimate of drug-likeness (QED) is 0.821. The van der Waals surface area contributed by atoms with Crippen LogP contribution in [0.15, 0.2) is 18.2 Å². The molecule has 2 nitrogen and oxygen atoms in total. The van der Waals surface area contributed by atoms with Crippen molar-refractivity contribution in [2.45, 2.75) is 6.18 Å². The first-order valence-electron chi connectivity index (χ1n) is 4.42. The van der Waals surface area contributed by atoms with Gasteiger partial charge in [0.25, 0.3) is 0 Å². The van der Waals surface area contributed by atoms with Gasteiger partial charge in [0.15, 0.2) is 0 Å². The molecule has 0 aliphatic carbocycles. The summed E-state index contributed by atoms with van der Waals surface area (Å²) < 4.78 is 37.5. The van der Waals surface area contributed by atoms with Crippen molar-refractivity contribution in [1.29, 1.82) is 0 Å². The van der Waals surface area contributed by atoms with E-state index < -0.39 is 11.7 Å². The van der Waals surface area contributed by atoms with E-state index in [0.29, 0.717) is 11.4 Å². The summed E-state index contributed by atoms with van der Waals surface area (Å²) in [5.41, 5.74) is 0.334. The van der Waals surface area contributed by atoms with Gasteiger partial charge in [-0.15, -0.1) is 0 Å². The Morgan fingerprint density at radius 3 is 2.13 bits per heavy atom. The summed E-state index contributed by atoms with van der Waals surface area (Å²) in [5.74, 6) is 0. The van der Waals surface area contributed by atoms with E-state index in [1.807, 2.05) is 0 Å². The highest BCUT2D eigenvalue weighted by Gasteiger charge is 2.31. The Bertz CT molecular complexity index is 345. The van der Waals surface area contributed by atoms with E-state index in [1.165, 1.54) is 0 Å².